The van der Waals surface area contributed by atoms with Gasteiger partial charge in [0.2, 0.25) is 5.91 Å². The van der Waals surface area contributed by atoms with E-state index in [1.165, 1.54) is 11.8 Å². The number of nitrogens with two attached hydrogens (primary N) is 1. The minimum atomic E-state index is -0.431. The number of carbonyl (C=O) groups is 2. The average molecular weight is 351 g/mol. The predicted molar refractivity (Wildman–Crippen MR) is 91.6 cm³/mol. The summed E-state index contributed by atoms with van der Waals surface area (Å²) in [5.41, 5.74) is 5.93. The van der Waals surface area contributed by atoms with Gasteiger partial charge in [-0.3, -0.25) is 9.59 Å². The maximum absolute atomic E-state index is 11.8. The number of thioether (sulfide) groups is 1. The lowest BCUT2D eigenvalue weighted by Crippen LogP contribution is -2.45. The van der Waals surface area contributed by atoms with Crippen LogP contribution in [0.1, 0.15) is 24.2 Å². The highest BCUT2D eigenvalue weighted by atomic mass is 35.5. The lowest BCUT2D eigenvalue weighted by atomic mass is 10.1. The van der Waals surface area contributed by atoms with E-state index in [2.05, 4.69) is 5.32 Å². The number of nitrogens with one attached hydrogen (secondary N) is 1. The Morgan fingerprint density at radius 3 is 2.33 bits per heavy atom. The minimum Gasteiger partial charge on any atom is -0.354 e. The molecule has 1 aromatic carbocycles. The zero-order chi connectivity index (χ0) is 15.2. The SMILES string of the molecule is CC(C)(N)CNC(=O)CSCC(=O)c1ccc(Cl)cc1.Cl. The quantitative estimate of drug-likeness (QED) is 0.741. The van der Waals surface area contributed by atoms with Crippen LogP contribution in [0.5, 0.6) is 0 Å². The molecule has 0 saturated heterocycles. The predicted octanol–water partition coefficient (Wildman–Crippen LogP) is 2.53. The lowest BCUT2D eigenvalue weighted by molar-refractivity contribution is -0.118. The van der Waals surface area contributed by atoms with Gasteiger partial charge in [0.15, 0.2) is 5.78 Å². The molecule has 1 aromatic rings. The van der Waals surface area contributed by atoms with Crippen molar-refractivity contribution in [2.24, 2.45) is 5.73 Å². The highest BCUT2D eigenvalue weighted by Gasteiger charge is 2.13. The van der Waals surface area contributed by atoms with Crippen molar-refractivity contribution in [1.82, 2.24) is 5.32 Å². The molecule has 0 unspecified atom stereocenters. The van der Waals surface area contributed by atoms with Crippen LogP contribution in [0.15, 0.2) is 24.3 Å². The lowest BCUT2D eigenvalue weighted by Gasteiger charge is -2.18. The standard InChI is InChI=1S/C14H19ClN2O2S.ClH/c1-14(2,16)9-17-13(19)8-20-7-12(18)10-3-5-11(15)6-4-10;/h3-6H,7-9,16H2,1-2H3,(H,17,19);1H. The van der Waals surface area contributed by atoms with E-state index in [0.29, 0.717) is 17.1 Å². The van der Waals surface area contributed by atoms with Gasteiger partial charge >= 0.3 is 0 Å². The van der Waals surface area contributed by atoms with E-state index in [1.807, 2.05) is 13.8 Å². The molecule has 4 nitrogen and oxygen atoms in total. The van der Waals surface area contributed by atoms with E-state index >= 15 is 0 Å². The number of carbonyl (C=O) groups excluding carboxylic acids is 2. The Bertz CT molecular complexity index is 473. The third-order valence-electron chi connectivity index (χ3n) is 2.37. The number of ketones is 1. The molecule has 0 fully saturated rings. The second-order valence-electron chi connectivity index (χ2n) is 5.19. The van der Waals surface area contributed by atoms with Crippen LogP contribution in [0, 0.1) is 0 Å². The van der Waals surface area contributed by atoms with Crippen molar-refractivity contribution >= 4 is 47.5 Å². The Morgan fingerprint density at radius 1 is 1.24 bits per heavy atom. The van der Waals surface area contributed by atoms with Crippen LogP contribution in [-0.2, 0) is 4.79 Å². The van der Waals surface area contributed by atoms with Gasteiger partial charge in [-0.2, -0.15) is 0 Å². The number of benzene rings is 1. The highest BCUT2D eigenvalue weighted by molar-refractivity contribution is 8.00. The first-order valence-corrected chi connectivity index (χ1v) is 7.73. The summed E-state index contributed by atoms with van der Waals surface area (Å²) in [7, 11) is 0. The number of amides is 1. The Kier molecular flexibility index (Phi) is 8.97. The van der Waals surface area contributed by atoms with Crippen molar-refractivity contribution in [3.8, 4) is 0 Å². The van der Waals surface area contributed by atoms with Crippen LogP contribution in [0.2, 0.25) is 5.02 Å². The molecule has 1 rings (SSSR count). The van der Waals surface area contributed by atoms with E-state index in [4.69, 9.17) is 17.3 Å². The van der Waals surface area contributed by atoms with Gasteiger partial charge in [0.05, 0.1) is 11.5 Å². The summed E-state index contributed by atoms with van der Waals surface area (Å²) in [6, 6.07) is 6.72. The highest BCUT2D eigenvalue weighted by Crippen LogP contribution is 2.12. The minimum absolute atomic E-state index is 0. The average Bonchev–Trinajstić information content (AvgIpc) is 2.36. The summed E-state index contributed by atoms with van der Waals surface area (Å²) in [6.45, 7) is 4.09. The number of rotatable bonds is 7. The fourth-order valence-corrected chi connectivity index (χ4v) is 2.20. The number of hydrogen-bond acceptors (Lipinski definition) is 4. The maximum Gasteiger partial charge on any atom is 0.230 e. The summed E-state index contributed by atoms with van der Waals surface area (Å²) in [6.07, 6.45) is 0. The third kappa shape index (κ3) is 8.98. The molecule has 0 aliphatic rings. The van der Waals surface area contributed by atoms with Gasteiger partial charge < -0.3 is 11.1 Å². The number of hydrogen-bond donors (Lipinski definition) is 2. The van der Waals surface area contributed by atoms with Crippen LogP contribution in [0.4, 0.5) is 0 Å². The molecule has 0 atom stereocenters. The smallest absolute Gasteiger partial charge is 0.230 e. The number of Topliss-reactive ketones (excluding diaryl/α,β-unsaturated/α-hetero) is 1. The fraction of sp³-hybridized carbons (Fsp3) is 0.429. The van der Waals surface area contributed by atoms with Crippen molar-refractivity contribution < 1.29 is 9.59 Å². The molecular weight excluding hydrogens is 331 g/mol. The van der Waals surface area contributed by atoms with Gasteiger partial charge in [0.25, 0.3) is 0 Å². The normalized spacial score (nSPS) is 10.7. The molecule has 0 bridgehead atoms. The van der Waals surface area contributed by atoms with E-state index in [1.54, 1.807) is 24.3 Å². The Balaban J connectivity index is 0.00000400. The number of halogens is 2. The van der Waals surface area contributed by atoms with E-state index < -0.39 is 5.54 Å². The molecule has 0 spiro atoms. The first-order valence-electron chi connectivity index (χ1n) is 6.20. The Labute approximate surface area is 140 Å². The largest absolute Gasteiger partial charge is 0.354 e. The zero-order valence-electron chi connectivity index (χ0n) is 12.0. The maximum atomic E-state index is 11.8. The molecule has 118 valence electrons. The fourth-order valence-electron chi connectivity index (χ4n) is 1.33. The Hall–Kier alpha value is -0.750. The monoisotopic (exact) mass is 350 g/mol. The van der Waals surface area contributed by atoms with Crippen molar-refractivity contribution in [2.75, 3.05) is 18.1 Å². The second-order valence-corrected chi connectivity index (χ2v) is 6.61. The van der Waals surface area contributed by atoms with Crippen LogP contribution >= 0.6 is 35.8 Å². The van der Waals surface area contributed by atoms with Gasteiger partial charge in [-0.1, -0.05) is 11.6 Å². The van der Waals surface area contributed by atoms with E-state index in [0.717, 1.165) is 0 Å². The summed E-state index contributed by atoms with van der Waals surface area (Å²) in [5.74, 6) is 0.382. The topological polar surface area (TPSA) is 72.2 Å². The second kappa shape index (κ2) is 9.30. The van der Waals surface area contributed by atoms with Gasteiger partial charge in [0, 0.05) is 22.7 Å². The van der Waals surface area contributed by atoms with Crippen molar-refractivity contribution in [3.63, 3.8) is 0 Å². The molecule has 7 heteroatoms. The molecule has 3 N–H and O–H groups in total. The van der Waals surface area contributed by atoms with Gasteiger partial charge in [0.1, 0.15) is 0 Å². The summed E-state index contributed by atoms with van der Waals surface area (Å²) < 4.78 is 0. The first-order chi connectivity index (χ1) is 9.28. The summed E-state index contributed by atoms with van der Waals surface area (Å²) >= 11 is 7.04. The summed E-state index contributed by atoms with van der Waals surface area (Å²) in [5, 5.41) is 3.33. The molecule has 1 amide bonds. The summed E-state index contributed by atoms with van der Waals surface area (Å²) in [4.78, 5) is 23.4. The zero-order valence-corrected chi connectivity index (χ0v) is 14.4. The van der Waals surface area contributed by atoms with Crippen LogP contribution in [0.3, 0.4) is 0 Å². The van der Waals surface area contributed by atoms with Crippen molar-refractivity contribution in [2.45, 2.75) is 19.4 Å². The molecule has 0 aliphatic carbocycles. The van der Waals surface area contributed by atoms with Crippen molar-refractivity contribution in [1.29, 1.82) is 0 Å². The van der Waals surface area contributed by atoms with E-state index in [-0.39, 0.29) is 35.6 Å². The molecule has 0 aromatic heterocycles. The molecule has 0 saturated carbocycles. The van der Waals surface area contributed by atoms with Crippen LogP contribution in [-0.4, -0.2) is 35.3 Å². The molecule has 0 aliphatic heterocycles. The third-order valence-corrected chi connectivity index (χ3v) is 3.56. The van der Waals surface area contributed by atoms with E-state index in [9.17, 15) is 9.59 Å². The van der Waals surface area contributed by atoms with Gasteiger partial charge in [-0.25, -0.2) is 0 Å². The molecule has 21 heavy (non-hydrogen) atoms. The van der Waals surface area contributed by atoms with Crippen molar-refractivity contribution in [3.05, 3.63) is 34.9 Å². The van der Waals surface area contributed by atoms with Gasteiger partial charge in [-0.15, -0.1) is 24.2 Å². The molecular formula is C14H20Cl2N2O2S. The van der Waals surface area contributed by atoms with Gasteiger partial charge in [-0.05, 0) is 38.1 Å². The van der Waals surface area contributed by atoms with Crippen LogP contribution in [0.25, 0.3) is 0 Å². The molecule has 0 radical (unpaired) electrons. The van der Waals surface area contributed by atoms with Crippen LogP contribution < -0.4 is 11.1 Å². The first kappa shape index (κ1) is 20.2. The Morgan fingerprint density at radius 2 is 1.81 bits per heavy atom. The molecule has 0 heterocycles.